The van der Waals surface area contributed by atoms with E-state index in [4.69, 9.17) is 16.3 Å². The summed E-state index contributed by atoms with van der Waals surface area (Å²) in [5.74, 6) is 1.36. The lowest BCUT2D eigenvalue weighted by molar-refractivity contribution is -0.117. The van der Waals surface area contributed by atoms with Gasteiger partial charge in [0.1, 0.15) is 5.82 Å². The van der Waals surface area contributed by atoms with Gasteiger partial charge >= 0.3 is 0 Å². The number of halogens is 1. The number of anilines is 1. The predicted octanol–water partition coefficient (Wildman–Crippen LogP) is 4.59. The number of rotatable bonds is 4. The Morgan fingerprint density at radius 2 is 1.93 bits per heavy atom. The van der Waals surface area contributed by atoms with E-state index >= 15 is 0 Å². The number of amides is 1. The number of likely N-dealkylation sites (tertiary alicyclic amines) is 1. The number of hydrogen-bond donors (Lipinski definition) is 1. The standard InChI is InChI=1S/C23H28ClN3O2/c1-14-21(6-9-29-14)27-7-4-15(5-8-27)19-10-17-12-22(26-23(28)16-2-3-16)25-13-18(17)11-20(19)24/h10-16,21H,2-9H2,1H3,(H,25,26,28)/t14-,21-/m0/s1. The Morgan fingerprint density at radius 3 is 2.62 bits per heavy atom. The van der Waals surface area contributed by atoms with Gasteiger partial charge in [-0.1, -0.05) is 11.6 Å². The first-order chi connectivity index (χ1) is 14.1. The summed E-state index contributed by atoms with van der Waals surface area (Å²) in [6, 6.07) is 6.76. The summed E-state index contributed by atoms with van der Waals surface area (Å²) in [6.45, 7) is 5.26. The first kappa shape index (κ1) is 19.3. The van der Waals surface area contributed by atoms with Crippen molar-refractivity contribution in [1.82, 2.24) is 9.88 Å². The van der Waals surface area contributed by atoms with Crippen molar-refractivity contribution in [3.63, 3.8) is 0 Å². The Morgan fingerprint density at radius 1 is 1.14 bits per heavy atom. The van der Waals surface area contributed by atoms with Crippen LogP contribution in [0.5, 0.6) is 0 Å². The van der Waals surface area contributed by atoms with Crippen LogP contribution in [-0.4, -0.2) is 47.6 Å². The molecule has 1 amide bonds. The van der Waals surface area contributed by atoms with Crippen molar-refractivity contribution in [2.75, 3.05) is 25.0 Å². The molecule has 1 aromatic heterocycles. The van der Waals surface area contributed by atoms with Gasteiger partial charge in [0, 0.05) is 35.2 Å². The summed E-state index contributed by atoms with van der Waals surface area (Å²) in [4.78, 5) is 19.0. The number of aromatic nitrogens is 1. The molecule has 3 heterocycles. The lowest BCUT2D eigenvalue weighted by atomic mass is 9.87. The van der Waals surface area contributed by atoms with Gasteiger partial charge in [-0.25, -0.2) is 4.98 Å². The molecule has 5 nitrogen and oxygen atoms in total. The molecule has 2 aromatic rings. The molecule has 1 aliphatic carbocycles. The smallest absolute Gasteiger partial charge is 0.228 e. The maximum Gasteiger partial charge on any atom is 0.228 e. The molecule has 3 fully saturated rings. The molecule has 6 heteroatoms. The summed E-state index contributed by atoms with van der Waals surface area (Å²) in [5.41, 5.74) is 1.22. The largest absolute Gasteiger partial charge is 0.377 e. The third kappa shape index (κ3) is 4.00. The molecule has 154 valence electrons. The molecule has 3 aliphatic rings. The average Bonchev–Trinajstić information content (AvgIpc) is 3.49. The van der Waals surface area contributed by atoms with Gasteiger partial charge in [-0.2, -0.15) is 0 Å². The summed E-state index contributed by atoms with van der Waals surface area (Å²) >= 11 is 6.67. The van der Waals surface area contributed by atoms with E-state index in [9.17, 15) is 4.79 Å². The van der Waals surface area contributed by atoms with E-state index in [-0.39, 0.29) is 11.8 Å². The Balaban J connectivity index is 1.32. The van der Waals surface area contributed by atoms with Gasteiger partial charge in [0.05, 0.1) is 6.10 Å². The quantitative estimate of drug-likeness (QED) is 0.796. The van der Waals surface area contributed by atoms with E-state index in [1.807, 2.05) is 12.1 Å². The second kappa shape index (κ2) is 7.86. The zero-order valence-electron chi connectivity index (χ0n) is 16.9. The van der Waals surface area contributed by atoms with Crippen LogP contribution in [0.25, 0.3) is 10.8 Å². The molecule has 1 saturated carbocycles. The summed E-state index contributed by atoms with van der Waals surface area (Å²) in [6.07, 6.45) is 7.50. The van der Waals surface area contributed by atoms with Crippen LogP contribution in [0, 0.1) is 5.92 Å². The Kier molecular flexibility index (Phi) is 5.23. The highest BCUT2D eigenvalue weighted by molar-refractivity contribution is 6.32. The summed E-state index contributed by atoms with van der Waals surface area (Å²) < 4.78 is 5.76. The number of pyridine rings is 1. The van der Waals surface area contributed by atoms with Gasteiger partial charge in [0.15, 0.2) is 0 Å². The molecule has 1 N–H and O–H groups in total. The Bertz CT molecular complexity index is 922. The molecule has 0 spiro atoms. The molecular formula is C23H28ClN3O2. The molecule has 2 aliphatic heterocycles. The van der Waals surface area contributed by atoms with Crippen molar-refractivity contribution in [3.05, 3.63) is 35.0 Å². The van der Waals surface area contributed by atoms with Crippen LogP contribution in [0.2, 0.25) is 5.02 Å². The lowest BCUT2D eigenvalue weighted by Crippen LogP contribution is -2.44. The van der Waals surface area contributed by atoms with Crippen LogP contribution >= 0.6 is 11.6 Å². The van der Waals surface area contributed by atoms with E-state index in [2.05, 4.69) is 28.2 Å². The molecule has 0 unspecified atom stereocenters. The number of carbonyl (C=O) groups is 1. The van der Waals surface area contributed by atoms with E-state index in [1.165, 1.54) is 5.56 Å². The highest BCUT2D eigenvalue weighted by Gasteiger charge is 2.33. The van der Waals surface area contributed by atoms with Gasteiger partial charge < -0.3 is 10.1 Å². The fraction of sp³-hybridized carbons (Fsp3) is 0.565. The number of nitrogens with zero attached hydrogens (tertiary/aromatic N) is 2. The summed E-state index contributed by atoms with van der Waals surface area (Å²) in [7, 11) is 0. The number of benzene rings is 1. The molecular weight excluding hydrogens is 386 g/mol. The highest BCUT2D eigenvalue weighted by atomic mass is 35.5. The molecule has 1 aromatic carbocycles. The number of nitrogens with one attached hydrogen (secondary N) is 1. The highest BCUT2D eigenvalue weighted by Crippen LogP contribution is 2.37. The van der Waals surface area contributed by atoms with Crippen LogP contribution < -0.4 is 5.32 Å². The monoisotopic (exact) mass is 413 g/mol. The van der Waals surface area contributed by atoms with Crippen LogP contribution in [0.4, 0.5) is 5.82 Å². The molecule has 0 radical (unpaired) electrons. The van der Waals surface area contributed by atoms with Crippen molar-refractivity contribution >= 4 is 34.1 Å². The second-order valence-corrected chi connectivity index (χ2v) is 9.20. The van der Waals surface area contributed by atoms with E-state index < -0.39 is 0 Å². The van der Waals surface area contributed by atoms with E-state index in [1.54, 1.807) is 6.20 Å². The van der Waals surface area contributed by atoms with Crippen molar-refractivity contribution < 1.29 is 9.53 Å². The number of fused-ring (bicyclic) bond motifs is 1. The Hall–Kier alpha value is -1.69. The van der Waals surface area contributed by atoms with Gasteiger partial charge in [-0.05, 0) is 87.2 Å². The Labute approximate surface area is 176 Å². The van der Waals surface area contributed by atoms with Crippen molar-refractivity contribution in [2.24, 2.45) is 5.92 Å². The van der Waals surface area contributed by atoms with E-state index in [0.29, 0.717) is 23.9 Å². The molecule has 2 atom stereocenters. The molecule has 29 heavy (non-hydrogen) atoms. The first-order valence-electron chi connectivity index (χ1n) is 10.8. The number of carbonyl (C=O) groups excluding carboxylic acids is 1. The molecule has 2 saturated heterocycles. The number of piperidine rings is 1. The van der Waals surface area contributed by atoms with E-state index in [0.717, 1.165) is 67.6 Å². The fourth-order valence-electron chi connectivity index (χ4n) is 4.88. The van der Waals surface area contributed by atoms with Crippen LogP contribution in [0.15, 0.2) is 24.4 Å². The predicted molar refractivity (Wildman–Crippen MR) is 115 cm³/mol. The third-order valence-corrected chi connectivity index (χ3v) is 7.14. The molecule has 5 rings (SSSR count). The van der Waals surface area contributed by atoms with Crippen LogP contribution in [0.3, 0.4) is 0 Å². The minimum absolute atomic E-state index is 0.0866. The zero-order valence-corrected chi connectivity index (χ0v) is 17.6. The summed E-state index contributed by atoms with van der Waals surface area (Å²) in [5, 5.41) is 5.87. The van der Waals surface area contributed by atoms with Gasteiger partial charge in [-0.3, -0.25) is 9.69 Å². The van der Waals surface area contributed by atoms with Crippen molar-refractivity contribution in [2.45, 2.75) is 57.1 Å². The normalized spacial score (nSPS) is 26.1. The second-order valence-electron chi connectivity index (χ2n) is 8.80. The van der Waals surface area contributed by atoms with Gasteiger partial charge in [0.2, 0.25) is 5.91 Å². The number of hydrogen-bond acceptors (Lipinski definition) is 4. The van der Waals surface area contributed by atoms with Crippen LogP contribution in [0.1, 0.15) is 50.5 Å². The minimum atomic E-state index is 0.0866. The minimum Gasteiger partial charge on any atom is -0.377 e. The SMILES string of the molecule is C[C@@H]1OCC[C@@H]1N1CCC(c2cc3cc(NC(=O)C4CC4)ncc3cc2Cl)CC1. The fourth-order valence-corrected chi connectivity index (χ4v) is 5.21. The topological polar surface area (TPSA) is 54.5 Å². The van der Waals surface area contributed by atoms with Gasteiger partial charge in [0.25, 0.3) is 0 Å². The molecule has 0 bridgehead atoms. The van der Waals surface area contributed by atoms with Gasteiger partial charge in [-0.15, -0.1) is 0 Å². The van der Waals surface area contributed by atoms with Crippen molar-refractivity contribution in [3.8, 4) is 0 Å². The zero-order chi connectivity index (χ0) is 20.0. The van der Waals surface area contributed by atoms with Crippen LogP contribution in [-0.2, 0) is 9.53 Å². The van der Waals surface area contributed by atoms with Crippen molar-refractivity contribution in [1.29, 1.82) is 0 Å². The maximum atomic E-state index is 12.1. The maximum absolute atomic E-state index is 12.1. The first-order valence-corrected chi connectivity index (χ1v) is 11.2. The average molecular weight is 414 g/mol. The number of ether oxygens (including phenoxy) is 1. The lowest BCUT2D eigenvalue weighted by Gasteiger charge is -2.37. The third-order valence-electron chi connectivity index (χ3n) is 6.81.